The zero-order valence-electron chi connectivity index (χ0n) is 14.4. The summed E-state index contributed by atoms with van der Waals surface area (Å²) in [5.41, 5.74) is 1.28. The molecule has 2 fully saturated rings. The maximum Gasteiger partial charge on any atom is 0.243 e. The molecule has 0 spiro atoms. The van der Waals surface area contributed by atoms with Crippen molar-refractivity contribution in [2.45, 2.75) is 44.7 Å². The summed E-state index contributed by atoms with van der Waals surface area (Å²) >= 11 is 0. The zero-order valence-corrected chi connectivity index (χ0v) is 14.4. The fourth-order valence-corrected chi connectivity index (χ4v) is 3.43. The summed E-state index contributed by atoms with van der Waals surface area (Å²) in [6, 6.07) is 4.77. The smallest absolute Gasteiger partial charge is 0.243 e. The average Bonchev–Trinajstić information content (AvgIpc) is 3.38. The van der Waals surface area contributed by atoms with Gasteiger partial charge in [0, 0.05) is 50.5 Å². The third-order valence-electron chi connectivity index (χ3n) is 5.37. The lowest BCUT2D eigenvalue weighted by Gasteiger charge is -2.39. The van der Waals surface area contributed by atoms with E-state index < -0.39 is 0 Å². The van der Waals surface area contributed by atoms with E-state index in [0.717, 1.165) is 37.9 Å². The van der Waals surface area contributed by atoms with Crippen molar-refractivity contribution < 1.29 is 4.52 Å². The van der Waals surface area contributed by atoms with E-state index in [2.05, 4.69) is 44.8 Å². The van der Waals surface area contributed by atoms with Crippen LogP contribution in [0.25, 0.3) is 0 Å². The monoisotopic (exact) mass is 327 g/mol. The predicted octanol–water partition coefficient (Wildman–Crippen LogP) is 2.78. The minimum Gasteiger partial charge on any atom is -0.338 e. The lowest BCUT2D eigenvalue weighted by molar-refractivity contribution is 0.0677. The Bertz CT molecular complexity index is 661. The zero-order chi connectivity index (χ0) is 16.5. The Balaban J connectivity index is 1.35. The van der Waals surface area contributed by atoms with Gasteiger partial charge >= 0.3 is 0 Å². The highest BCUT2D eigenvalue weighted by molar-refractivity contribution is 5.13. The van der Waals surface area contributed by atoms with Crippen LogP contribution in [0.4, 0.5) is 0 Å². The summed E-state index contributed by atoms with van der Waals surface area (Å²) in [4.78, 5) is 13.8. The lowest BCUT2D eigenvalue weighted by atomic mass is 10.1. The fraction of sp³-hybridized carbons (Fsp3) is 0.611. The third-order valence-corrected chi connectivity index (χ3v) is 5.37. The van der Waals surface area contributed by atoms with Crippen LogP contribution in [0.2, 0.25) is 0 Å². The van der Waals surface area contributed by atoms with E-state index in [4.69, 9.17) is 4.52 Å². The van der Waals surface area contributed by atoms with Gasteiger partial charge in [-0.25, -0.2) is 0 Å². The van der Waals surface area contributed by atoms with Gasteiger partial charge in [0.25, 0.3) is 0 Å². The van der Waals surface area contributed by atoms with Crippen molar-refractivity contribution in [2.75, 3.05) is 26.2 Å². The summed E-state index contributed by atoms with van der Waals surface area (Å²) in [6.45, 7) is 8.56. The van der Waals surface area contributed by atoms with Gasteiger partial charge < -0.3 is 4.52 Å². The van der Waals surface area contributed by atoms with Gasteiger partial charge in [-0.3, -0.25) is 14.8 Å². The molecule has 6 heteroatoms. The van der Waals surface area contributed by atoms with Crippen molar-refractivity contribution in [2.24, 2.45) is 0 Å². The maximum atomic E-state index is 5.50. The van der Waals surface area contributed by atoms with Gasteiger partial charge in [0.15, 0.2) is 5.82 Å². The molecule has 6 nitrogen and oxygen atoms in total. The van der Waals surface area contributed by atoms with Crippen LogP contribution in [0.5, 0.6) is 0 Å². The maximum absolute atomic E-state index is 5.50. The van der Waals surface area contributed by atoms with Gasteiger partial charge in [-0.15, -0.1) is 0 Å². The molecule has 3 heterocycles. The highest BCUT2D eigenvalue weighted by atomic mass is 16.5. The predicted molar refractivity (Wildman–Crippen MR) is 90.5 cm³/mol. The Morgan fingerprint density at radius 1 is 1.08 bits per heavy atom. The van der Waals surface area contributed by atoms with E-state index in [9.17, 15) is 0 Å². The van der Waals surface area contributed by atoms with Crippen LogP contribution in [0.3, 0.4) is 0 Å². The highest BCUT2D eigenvalue weighted by Crippen LogP contribution is 2.38. The van der Waals surface area contributed by atoms with E-state index >= 15 is 0 Å². The topological polar surface area (TPSA) is 58.3 Å². The molecule has 2 aliphatic rings. The largest absolute Gasteiger partial charge is 0.338 e. The molecule has 4 rings (SSSR count). The molecular weight excluding hydrogens is 302 g/mol. The minimum atomic E-state index is 0.195. The van der Waals surface area contributed by atoms with Crippen LogP contribution >= 0.6 is 0 Å². The van der Waals surface area contributed by atoms with Crippen LogP contribution < -0.4 is 0 Å². The standard InChI is InChI=1S/C18H25N5O/c1-13(16-4-3-7-19-12-16)22-8-10-23(11-9-22)14(2)18-20-17(21-24-18)15-5-6-15/h3-4,7,12-15H,5-6,8-11H2,1-2H3/t13-,14+/m1/s1. The number of hydrogen-bond donors (Lipinski definition) is 0. The molecule has 0 aromatic carbocycles. The minimum absolute atomic E-state index is 0.195. The molecule has 2 aromatic heterocycles. The summed E-state index contributed by atoms with van der Waals surface area (Å²) < 4.78 is 5.50. The number of nitrogens with zero attached hydrogens (tertiary/aromatic N) is 5. The highest BCUT2D eigenvalue weighted by Gasteiger charge is 2.32. The molecule has 1 aliphatic carbocycles. The first-order valence-electron chi connectivity index (χ1n) is 8.94. The first kappa shape index (κ1) is 15.7. The second-order valence-electron chi connectivity index (χ2n) is 6.98. The average molecular weight is 327 g/mol. The fourth-order valence-electron chi connectivity index (χ4n) is 3.43. The first-order valence-corrected chi connectivity index (χ1v) is 8.94. The Hall–Kier alpha value is -1.79. The van der Waals surface area contributed by atoms with Crippen molar-refractivity contribution in [1.82, 2.24) is 24.9 Å². The van der Waals surface area contributed by atoms with E-state index in [1.54, 1.807) is 0 Å². The molecule has 2 atom stereocenters. The molecule has 1 aliphatic heterocycles. The quantitative estimate of drug-likeness (QED) is 0.841. The van der Waals surface area contributed by atoms with Crippen molar-refractivity contribution in [3.05, 3.63) is 41.8 Å². The second-order valence-corrected chi connectivity index (χ2v) is 6.98. The SMILES string of the molecule is C[C@H](c1cccnc1)N1CCN([C@@H](C)c2nc(C3CC3)no2)CC1. The molecule has 0 N–H and O–H groups in total. The third kappa shape index (κ3) is 3.21. The van der Waals surface area contributed by atoms with Gasteiger partial charge in [-0.05, 0) is 38.3 Å². The molecule has 0 unspecified atom stereocenters. The molecule has 0 radical (unpaired) electrons. The van der Waals surface area contributed by atoms with Gasteiger partial charge in [-0.2, -0.15) is 4.98 Å². The summed E-state index contributed by atoms with van der Waals surface area (Å²) in [7, 11) is 0. The van der Waals surface area contributed by atoms with Crippen LogP contribution in [-0.2, 0) is 0 Å². The van der Waals surface area contributed by atoms with Crippen LogP contribution in [0.1, 0.15) is 62.0 Å². The number of pyridine rings is 1. The Labute approximate surface area is 142 Å². The Morgan fingerprint density at radius 3 is 2.42 bits per heavy atom. The molecule has 0 bridgehead atoms. The van der Waals surface area contributed by atoms with Gasteiger partial charge in [0.1, 0.15) is 0 Å². The molecule has 0 amide bonds. The Kier molecular flexibility index (Phi) is 4.33. The molecule has 128 valence electrons. The van der Waals surface area contributed by atoms with Gasteiger partial charge in [-0.1, -0.05) is 11.2 Å². The van der Waals surface area contributed by atoms with Crippen LogP contribution in [0.15, 0.2) is 29.0 Å². The van der Waals surface area contributed by atoms with E-state index in [-0.39, 0.29) is 6.04 Å². The Morgan fingerprint density at radius 2 is 1.79 bits per heavy atom. The number of piperazine rings is 1. The number of hydrogen-bond acceptors (Lipinski definition) is 6. The van der Waals surface area contributed by atoms with E-state index in [1.165, 1.54) is 18.4 Å². The molecule has 1 saturated heterocycles. The lowest BCUT2D eigenvalue weighted by Crippen LogP contribution is -2.47. The molecule has 24 heavy (non-hydrogen) atoms. The summed E-state index contributed by atoms with van der Waals surface area (Å²) in [5, 5.41) is 4.15. The van der Waals surface area contributed by atoms with Crippen LogP contribution in [0, 0.1) is 0 Å². The van der Waals surface area contributed by atoms with Gasteiger partial charge in [0.2, 0.25) is 5.89 Å². The van der Waals surface area contributed by atoms with E-state index in [0.29, 0.717) is 12.0 Å². The number of rotatable bonds is 5. The second kappa shape index (κ2) is 6.61. The van der Waals surface area contributed by atoms with Gasteiger partial charge in [0.05, 0.1) is 6.04 Å². The van der Waals surface area contributed by atoms with Crippen molar-refractivity contribution >= 4 is 0 Å². The number of aromatic nitrogens is 3. The van der Waals surface area contributed by atoms with E-state index in [1.807, 2.05) is 18.5 Å². The summed E-state index contributed by atoms with van der Waals surface area (Å²) in [5.74, 6) is 2.22. The van der Waals surface area contributed by atoms with Crippen molar-refractivity contribution in [3.63, 3.8) is 0 Å². The van der Waals surface area contributed by atoms with Crippen LogP contribution in [-0.4, -0.2) is 51.1 Å². The van der Waals surface area contributed by atoms with Crippen molar-refractivity contribution in [3.8, 4) is 0 Å². The molecule has 2 aromatic rings. The summed E-state index contributed by atoms with van der Waals surface area (Å²) in [6.07, 6.45) is 6.21. The first-order chi connectivity index (χ1) is 11.7. The van der Waals surface area contributed by atoms with Crippen molar-refractivity contribution in [1.29, 1.82) is 0 Å². The molecular formula is C18H25N5O. The molecule has 1 saturated carbocycles. The normalized spacial score (nSPS) is 22.4.